The standard InChI is InChI=1S/C8H10BrN3O2/c9-6-7(10-4-11-8(6)13)12-5-1-2-14-3-5/h4-5H,1-3H2,(H2,10,11,12,13). The summed E-state index contributed by atoms with van der Waals surface area (Å²) >= 11 is 3.18. The number of rotatable bonds is 2. The van der Waals surface area contributed by atoms with Gasteiger partial charge in [-0.1, -0.05) is 0 Å². The Balaban J connectivity index is 2.15. The van der Waals surface area contributed by atoms with Crippen molar-refractivity contribution in [2.45, 2.75) is 12.5 Å². The second-order valence-electron chi connectivity index (χ2n) is 3.10. The number of H-pyrrole nitrogens is 1. The second kappa shape index (κ2) is 4.10. The summed E-state index contributed by atoms with van der Waals surface area (Å²) in [5.41, 5.74) is -0.179. The quantitative estimate of drug-likeness (QED) is 0.822. The summed E-state index contributed by atoms with van der Waals surface area (Å²) in [6, 6.07) is 0.251. The van der Waals surface area contributed by atoms with E-state index in [1.807, 2.05) is 0 Å². The molecular formula is C8H10BrN3O2. The Morgan fingerprint density at radius 1 is 1.71 bits per heavy atom. The van der Waals surface area contributed by atoms with E-state index in [-0.39, 0.29) is 11.6 Å². The van der Waals surface area contributed by atoms with Crippen molar-refractivity contribution in [3.8, 4) is 0 Å². The highest BCUT2D eigenvalue weighted by atomic mass is 79.9. The van der Waals surface area contributed by atoms with E-state index in [0.29, 0.717) is 16.9 Å². The van der Waals surface area contributed by atoms with Gasteiger partial charge in [-0.15, -0.1) is 0 Å². The number of nitrogens with zero attached hydrogens (tertiary/aromatic N) is 1. The number of hydrogen-bond donors (Lipinski definition) is 2. The molecule has 1 aromatic rings. The van der Waals surface area contributed by atoms with E-state index in [1.165, 1.54) is 6.33 Å². The summed E-state index contributed by atoms with van der Waals surface area (Å²) in [5, 5.41) is 3.15. The van der Waals surface area contributed by atoms with Crippen LogP contribution in [0, 0.1) is 0 Å². The molecule has 0 aromatic carbocycles. The maximum atomic E-state index is 11.2. The number of anilines is 1. The Hall–Kier alpha value is -0.880. The van der Waals surface area contributed by atoms with E-state index in [1.54, 1.807) is 0 Å². The molecule has 0 spiro atoms. The molecule has 5 nitrogen and oxygen atoms in total. The summed E-state index contributed by atoms with van der Waals surface area (Å²) in [4.78, 5) is 17.7. The fourth-order valence-corrected chi connectivity index (χ4v) is 1.66. The first-order chi connectivity index (χ1) is 6.77. The molecule has 2 N–H and O–H groups in total. The SMILES string of the molecule is O=c1[nH]cnc(NC2CCOC2)c1Br. The van der Waals surface area contributed by atoms with Crippen molar-refractivity contribution in [1.82, 2.24) is 9.97 Å². The molecule has 2 rings (SSSR count). The fourth-order valence-electron chi connectivity index (χ4n) is 1.33. The molecule has 1 aliphatic heterocycles. The first-order valence-corrected chi connectivity index (χ1v) is 5.14. The van der Waals surface area contributed by atoms with E-state index >= 15 is 0 Å². The van der Waals surface area contributed by atoms with Gasteiger partial charge >= 0.3 is 0 Å². The third-order valence-corrected chi connectivity index (χ3v) is 2.80. The zero-order valence-corrected chi connectivity index (χ0v) is 9.00. The largest absolute Gasteiger partial charge is 0.379 e. The lowest BCUT2D eigenvalue weighted by Gasteiger charge is -2.11. The Bertz CT molecular complexity index is 373. The predicted molar refractivity (Wildman–Crippen MR) is 55.4 cm³/mol. The first kappa shape index (κ1) is 9.67. The molecule has 0 aliphatic carbocycles. The van der Waals surface area contributed by atoms with Gasteiger partial charge < -0.3 is 15.0 Å². The van der Waals surface area contributed by atoms with Crippen molar-refractivity contribution < 1.29 is 4.74 Å². The van der Waals surface area contributed by atoms with E-state index in [0.717, 1.165) is 13.0 Å². The van der Waals surface area contributed by atoms with Crippen LogP contribution in [0.5, 0.6) is 0 Å². The molecule has 14 heavy (non-hydrogen) atoms. The molecule has 1 aromatic heterocycles. The minimum absolute atomic E-state index is 0.179. The molecule has 2 heterocycles. The van der Waals surface area contributed by atoms with Gasteiger partial charge in [0.25, 0.3) is 5.56 Å². The van der Waals surface area contributed by atoms with Gasteiger partial charge in [-0.2, -0.15) is 0 Å². The highest BCUT2D eigenvalue weighted by Gasteiger charge is 2.17. The smallest absolute Gasteiger partial charge is 0.267 e. The monoisotopic (exact) mass is 259 g/mol. The Kier molecular flexibility index (Phi) is 2.83. The van der Waals surface area contributed by atoms with Gasteiger partial charge in [0.15, 0.2) is 0 Å². The summed E-state index contributed by atoms with van der Waals surface area (Å²) in [6.45, 7) is 1.43. The third kappa shape index (κ3) is 1.96. The van der Waals surface area contributed by atoms with Gasteiger partial charge in [0.05, 0.1) is 19.0 Å². The van der Waals surface area contributed by atoms with Gasteiger partial charge in [0, 0.05) is 6.61 Å². The highest BCUT2D eigenvalue weighted by molar-refractivity contribution is 9.10. The molecule has 6 heteroatoms. The topological polar surface area (TPSA) is 67.0 Å². The molecule has 76 valence electrons. The lowest BCUT2D eigenvalue weighted by Crippen LogP contribution is -2.22. The lowest BCUT2D eigenvalue weighted by molar-refractivity contribution is 0.195. The van der Waals surface area contributed by atoms with Gasteiger partial charge in [-0.25, -0.2) is 4.98 Å². The summed E-state index contributed by atoms with van der Waals surface area (Å²) in [6.07, 6.45) is 2.33. The van der Waals surface area contributed by atoms with Gasteiger partial charge in [0.1, 0.15) is 10.3 Å². The van der Waals surface area contributed by atoms with E-state index < -0.39 is 0 Å². The fraction of sp³-hybridized carbons (Fsp3) is 0.500. The van der Waals surface area contributed by atoms with Crippen molar-refractivity contribution >= 4 is 21.7 Å². The van der Waals surface area contributed by atoms with E-state index in [4.69, 9.17) is 4.74 Å². The van der Waals surface area contributed by atoms with Crippen LogP contribution in [0.3, 0.4) is 0 Å². The lowest BCUT2D eigenvalue weighted by atomic mass is 10.2. The molecule has 1 unspecified atom stereocenters. The molecule has 0 radical (unpaired) electrons. The number of ether oxygens (including phenoxy) is 1. The molecule has 1 saturated heterocycles. The third-order valence-electron chi connectivity index (χ3n) is 2.07. The van der Waals surface area contributed by atoms with Crippen LogP contribution in [-0.2, 0) is 4.74 Å². The number of aromatic amines is 1. The average molecular weight is 260 g/mol. The maximum Gasteiger partial charge on any atom is 0.267 e. The molecule has 1 aliphatic rings. The molecule has 1 fully saturated rings. The van der Waals surface area contributed by atoms with Crippen LogP contribution in [0.4, 0.5) is 5.82 Å². The first-order valence-electron chi connectivity index (χ1n) is 4.35. The van der Waals surface area contributed by atoms with Crippen LogP contribution in [0.15, 0.2) is 15.6 Å². The molecule has 0 bridgehead atoms. The Morgan fingerprint density at radius 2 is 2.57 bits per heavy atom. The van der Waals surface area contributed by atoms with Crippen LogP contribution < -0.4 is 10.9 Å². The molecular weight excluding hydrogens is 250 g/mol. The number of hydrogen-bond acceptors (Lipinski definition) is 4. The van der Waals surface area contributed by atoms with Crippen molar-refractivity contribution in [2.24, 2.45) is 0 Å². The highest BCUT2D eigenvalue weighted by Crippen LogP contribution is 2.17. The number of nitrogens with one attached hydrogen (secondary N) is 2. The second-order valence-corrected chi connectivity index (χ2v) is 3.89. The van der Waals surface area contributed by atoms with Gasteiger partial charge in [-0.05, 0) is 22.4 Å². The summed E-state index contributed by atoms with van der Waals surface area (Å²) < 4.78 is 5.64. The predicted octanol–water partition coefficient (Wildman–Crippen LogP) is 0.733. The van der Waals surface area contributed by atoms with E-state index in [9.17, 15) is 4.79 Å². The van der Waals surface area contributed by atoms with Gasteiger partial charge in [0.2, 0.25) is 0 Å². The molecule has 0 amide bonds. The average Bonchev–Trinajstić information content (AvgIpc) is 2.66. The number of aromatic nitrogens is 2. The number of halogens is 1. The van der Waals surface area contributed by atoms with Crippen molar-refractivity contribution in [2.75, 3.05) is 18.5 Å². The van der Waals surface area contributed by atoms with Crippen LogP contribution in [0.25, 0.3) is 0 Å². The molecule has 0 saturated carbocycles. The normalized spacial score (nSPS) is 21.1. The van der Waals surface area contributed by atoms with Crippen molar-refractivity contribution in [3.05, 3.63) is 21.2 Å². The summed E-state index contributed by atoms with van der Waals surface area (Å²) in [5.74, 6) is 0.573. The minimum atomic E-state index is -0.179. The zero-order valence-electron chi connectivity index (χ0n) is 7.42. The Labute approximate surface area is 89.0 Å². The van der Waals surface area contributed by atoms with Crippen LogP contribution in [0.1, 0.15) is 6.42 Å². The van der Waals surface area contributed by atoms with Gasteiger partial charge in [-0.3, -0.25) is 4.79 Å². The van der Waals surface area contributed by atoms with Crippen molar-refractivity contribution in [1.29, 1.82) is 0 Å². The van der Waals surface area contributed by atoms with E-state index in [2.05, 4.69) is 31.2 Å². The van der Waals surface area contributed by atoms with Crippen LogP contribution in [-0.4, -0.2) is 29.2 Å². The summed E-state index contributed by atoms with van der Waals surface area (Å²) in [7, 11) is 0. The zero-order chi connectivity index (χ0) is 9.97. The van der Waals surface area contributed by atoms with Crippen LogP contribution in [0.2, 0.25) is 0 Å². The maximum absolute atomic E-state index is 11.2. The minimum Gasteiger partial charge on any atom is -0.379 e. The molecule has 1 atom stereocenters. The Morgan fingerprint density at radius 3 is 3.29 bits per heavy atom. The van der Waals surface area contributed by atoms with Crippen molar-refractivity contribution in [3.63, 3.8) is 0 Å². The van der Waals surface area contributed by atoms with Crippen LogP contribution >= 0.6 is 15.9 Å².